The van der Waals surface area contributed by atoms with E-state index in [0.717, 1.165) is 29.7 Å². The Morgan fingerprint density at radius 3 is 2.52 bits per heavy atom. The average Bonchev–Trinajstić information content (AvgIpc) is 2.59. The van der Waals surface area contributed by atoms with Crippen molar-refractivity contribution >= 4 is 11.6 Å². The van der Waals surface area contributed by atoms with E-state index in [4.69, 9.17) is 4.74 Å². The molecule has 1 amide bonds. The lowest BCUT2D eigenvalue weighted by molar-refractivity contribution is -0.123. The van der Waals surface area contributed by atoms with Gasteiger partial charge in [-0.25, -0.2) is 5.43 Å². The van der Waals surface area contributed by atoms with Gasteiger partial charge in [0.2, 0.25) is 0 Å². The minimum absolute atomic E-state index is 0.0627. The number of ether oxygens (including phenoxy) is 1. The van der Waals surface area contributed by atoms with Gasteiger partial charge < -0.3 is 4.74 Å². The molecule has 0 atom stereocenters. The number of rotatable bonds is 7. The third kappa shape index (κ3) is 5.25. The topological polar surface area (TPSA) is 50.7 Å². The van der Waals surface area contributed by atoms with Crippen LogP contribution in [-0.2, 0) is 4.79 Å². The summed E-state index contributed by atoms with van der Waals surface area (Å²) in [5.41, 5.74) is 5.45. The lowest BCUT2D eigenvalue weighted by Crippen LogP contribution is -2.25. The van der Waals surface area contributed by atoms with E-state index in [1.165, 1.54) is 0 Å². The molecule has 2 rings (SSSR count). The fraction of sp³-hybridized carbons (Fsp3) is 0.263. The van der Waals surface area contributed by atoms with E-state index in [1.807, 2.05) is 61.5 Å². The summed E-state index contributed by atoms with van der Waals surface area (Å²) in [7, 11) is 0. The fourth-order valence-corrected chi connectivity index (χ4v) is 2.20. The zero-order valence-corrected chi connectivity index (χ0v) is 13.6. The Kier molecular flexibility index (Phi) is 6.36. The quantitative estimate of drug-likeness (QED) is 0.620. The van der Waals surface area contributed by atoms with Crippen molar-refractivity contribution in [1.29, 1.82) is 0 Å². The Labute approximate surface area is 137 Å². The molecule has 0 aromatic heterocycles. The zero-order chi connectivity index (χ0) is 16.5. The van der Waals surface area contributed by atoms with Crippen LogP contribution >= 0.6 is 0 Å². The number of benzene rings is 2. The summed E-state index contributed by atoms with van der Waals surface area (Å²) in [4.78, 5) is 11.8. The summed E-state index contributed by atoms with van der Waals surface area (Å²) < 4.78 is 5.66. The molecule has 0 spiro atoms. The van der Waals surface area contributed by atoms with Gasteiger partial charge >= 0.3 is 0 Å². The zero-order valence-electron chi connectivity index (χ0n) is 13.6. The number of carbonyl (C=O) groups excluding carboxylic acids is 1. The molecular formula is C19H22N2O2. The van der Waals surface area contributed by atoms with Crippen LogP contribution in [0.25, 0.3) is 11.1 Å². The number of amides is 1. The van der Waals surface area contributed by atoms with E-state index in [0.29, 0.717) is 5.75 Å². The second-order valence-corrected chi connectivity index (χ2v) is 5.28. The number of carbonyl (C=O) groups is 1. The number of hydrogen-bond acceptors (Lipinski definition) is 3. The Bertz CT molecular complexity index is 666. The van der Waals surface area contributed by atoms with Gasteiger partial charge in [0.25, 0.3) is 5.91 Å². The largest absolute Gasteiger partial charge is 0.483 e. The Balaban J connectivity index is 1.99. The average molecular weight is 310 g/mol. The van der Waals surface area contributed by atoms with Crippen molar-refractivity contribution in [3.63, 3.8) is 0 Å². The lowest BCUT2D eigenvalue weighted by Gasteiger charge is -2.11. The normalized spacial score (nSPS) is 11.1. The van der Waals surface area contributed by atoms with Crippen LogP contribution in [-0.4, -0.2) is 18.2 Å². The molecule has 0 aliphatic heterocycles. The van der Waals surface area contributed by atoms with Gasteiger partial charge in [-0.15, -0.1) is 0 Å². The maximum absolute atomic E-state index is 11.8. The molecule has 2 aromatic carbocycles. The van der Waals surface area contributed by atoms with Crippen LogP contribution in [0.3, 0.4) is 0 Å². The molecule has 4 nitrogen and oxygen atoms in total. The van der Waals surface area contributed by atoms with Crippen molar-refractivity contribution in [3.8, 4) is 16.9 Å². The number of nitrogens with one attached hydrogen (secondary N) is 1. The third-order valence-electron chi connectivity index (χ3n) is 3.31. The monoisotopic (exact) mass is 310 g/mol. The molecule has 23 heavy (non-hydrogen) atoms. The van der Waals surface area contributed by atoms with Gasteiger partial charge in [0.15, 0.2) is 6.61 Å². The SMILES string of the molecule is CCC/C(C)=N/NC(=O)COc1ccccc1-c1ccccc1. The smallest absolute Gasteiger partial charge is 0.277 e. The first-order chi connectivity index (χ1) is 11.2. The van der Waals surface area contributed by atoms with Crippen LogP contribution in [0, 0.1) is 0 Å². The van der Waals surface area contributed by atoms with Crippen molar-refractivity contribution in [1.82, 2.24) is 5.43 Å². The van der Waals surface area contributed by atoms with Gasteiger partial charge in [0.05, 0.1) is 0 Å². The van der Waals surface area contributed by atoms with Gasteiger partial charge in [-0.1, -0.05) is 61.9 Å². The highest BCUT2D eigenvalue weighted by Gasteiger charge is 2.07. The summed E-state index contributed by atoms with van der Waals surface area (Å²) in [6.07, 6.45) is 1.88. The minimum atomic E-state index is -0.261. The van der Waals surface area contributed by atoms with Crippen molar-refractivity contribution in [2.24, 2.45) is 5.10 Å². The van der Waals surface area contributed by atoms with Crippen LogP contribution in [0.1, 0.15) is 26.7 Å². The fourth-order valence-electron chi connectivity index (χ4n) is 2.20. The van der Waals surface area contributed by atoms with Crippen molar-refractivity contribution in [2.75, 3.05) is 6.61 Å². The molecule has 0 fully saturated rings. The Morgan fingerprint density at radius 1 is 1.09 bits per heavy atom. The maximum atomic E-state index is 11.8. The molecule has 2 aromatic rings. The molecule has 0 saturated heterocycles. The first kappa shape index (κ1) is 16.7. The van der Waals surface area contributed by atoms with E-state index in [9.17, 15) is 4.79 Å². The molecule has 0 aliphatic carbocycles. The molecule has 0 heterocycles. The summed E-state index contributed by atoms with van der Waals surface area (Å²) in [5, 5.41) is 4.04. The minimum Gasteiger partial charge on any atom is -0.483 e. The van der Waals surface area contributed by atoms with E-state index < -0.39 is 0 Å². The number of para-hydroxylation sites is 1. The molecule has 0 bridgehead atoms. The molecule has 0 saturated carbocycles. The van der Waals surface area contributed by atoms with E-state index >= 15 is 0 Å². The number of hydrogen-bond donors (Lipinski definition) is 1. The highest BCUT2D eigenvalue weighted by atomic mass is 16.5. The maximum Gasteiger partial charge on any atom is 0.277 e. The second-order valence-electron chi connectivity index (χ2n) is 5.28. The number of hydrazone groups is 1. The summed E-state index contributed by atoms with van der Waals surface area (Å²) in [6.45, 7) is 3.91. The van der Waals surface area contributed by atoms with Gasteiger partial charge in [-0.3, -0.25) is 4.79 Å². The molecule has 0 radical (unpaired) electrons. The van der Waals surface area contributed by atoms with Gasteiger partial charge in [-0.2, -0.15) is 5.10 Å². The van der Waals surface area contributed by atoms with Gasteiger partial charge in [0, 0.05) is 11.3 Å². The standard InChI is InChI=1S/C19H22N2O2/c1-3-9-15(2)20-21-19(22)14-23-18-13-8-7-12-17(18)16-10-5-4-6-11-16/h4-8,10-13H,3,9,14H2,1-2H3,(H,21,22)/b20-15+. The van der Waals surface area contributed by atoms with Crippen LogP contribution in [0.4, 0.5) is 0 Å². The summed E-state index contributed by atoms with van der Waals surface area (Å²) in [6, 6.07) is 17.6. The van der Waals surface area contributed by atoms with E-state index in [2.05, 4.69) is 17.5 Å². The van der Waals surface area contributed by atoms with Crippen LogP contribution < -0.4 is 10.2 Å². The highest BCUT2D eigenvalue weighted by Crippen LogP contribution is 2.29. The molecule has 4 heteroatoms. The molecule has 0 unspecified atom stereocenters. The van der Waals surface area contributed by atoms with Crippen molar-refractivity contribution in [3.05, 3.63) is 54.6 Å². The Morgan fingerprint density at radius 2 is 1.78 bits per heavy atom. The molecule has 120 valence electrons. The molecule has 1 N–H and O–H groups in total. The first-order valence-corrected chi connectivity index (χ1v) is 7.80. The predicted octanol–water partition coefficient (Wildman–Crippen LogP) is 4.02. The van der Waals surface area contributed by atoms with E-state index in [1.54, 1.807) is 0 Å². The van der Waals surface area contributed by atoms with Crippen LogP contribution in [0.2, 0.25) is 0 Å². The second kappa shape index (κ2) is 8.73. The van der Waals surface area contributed by atoms with Crippen molar-refractivity contribution in [2.45, 2.75) is 26.7 Å². The lowest BCUT2D eigenvalue weighted by atomic mass is 10.1. The van der Waals surface area contributed by atoms with E-state index in [-0.39, 0.29) is 12.5 Å². The number of nitrogens with zero attached hydrogens (tertiary/aromatic N) is 1. The Hall–Kier alpha value is -2.62. The van der Waals surface area contributed by atoms with Gasteiger partial charge in [-0.05, 0) is 25.0 Å². The first-order valence-electron chi connectivity index (χ1n) is 7.80. The van der Waals surface area contributed by atoms with Crippen LogP contribution in [0.15, 0.2) is 59.7 Å². The van der Waals surface area contributed by atoms with Crippen molar-refractivity contribution < 1.29 is 9.53 Å². The molecular weight excluding hydrogens is 288 g/mol. The third-order valence-corrected chi connectivity index (χ3v) is 3.31. The predicted molar refractivity (Wildman–Crippen MR) is 93.5 cm³/mol. The highest BCUT2D eigenvalue weighted by molar-refractivity contribution is 5.84. The molecule has 0 aliphatic rings. The summed E-state index contributed by atoms with van der Waals surface area (Å²) >= 11 is 0. The van der Waals surface area contributed by atoms with Crippen LogP contribution in [0.5, 0.6) is 5.75 Å². The van der Waals surface area contributed by atoms with Gasteiger partial charge in [0.1, 0.15) is 5.75 Å². The summed E-state index contributed by atoms with van der Waals surface area (Å²) in [5.74, 6) is 0.423.